The summed E-state index contributed by atoms with van der Waals surface area (Å²) in [6.07, 6.45) is 3.63. The number of amidine groups is 1. The molecular weight excluding hydrogens is 338 g/mol. The fourth-order valence-corrected chi connectivity index (χ4v) is 3.95. The molecule has 0 spiro atoms. The summed E-state index contributed by atoms with van der Waals surface area (Å²) >= 11 is 2.85. The lowest BCUT2D eigenvalue weighted by Crippen LogP contribution is -2.29. The molecule has 0 unspecified atom stereocenters. The SMILES string of the molecule is C=CCN1C(=O)/C(=C/c2ccccc2C)S/C1=N/c1nc(C)cs1. The van der Waals surface area contributed by atoms with E-state index in [9.17, 15) is 4.79 Å². The first kappa shape index (κ1) is 16.7. The van der Waals surface area contributed by atoms with Crippen LogP contribution in [-0.4, -0.2) is 27.5 Å². The number of aryl methyl sites for hydroxylation is 2. The molecule has 1 aromatic carbocycles. The number of carbonyl (C=O) groups excluding carboxylic acids is 1. The van der Waals surface area contributed by atoms with Gasteiger partial charge in [-0.1, -0.05) is 30.3 Å². The molecule has 0 N–H and O–H groups in total. The van der Waals surface area contributed by atoms with E-state index >= 15 is 0 Å². The predicted molar refractivity (Wildman–Crippen MR) is 103 cm³/mol. The lowest BCUT2D eigenvalue weighted by molar-refractivity contribution is -0.121. The van der Waals surface area contributed by atoms with Gasteiger partial charge in [-0.05, 0) is 42.8 Å². The molecule has 1 amide bonds. The molecule has 1 aliphatic heterocycles. The maximum Gasteiger partial charge on any atom is 0.267 e. The van der Waals surface area contributed by atoms with E-state index in [4.69, 9.17) is 0 Å². The topological polar surface area (TPSA) is 45.6 Å². The highest BCUT2D eigenvalue weighted by molar-refractivity contribution is 8.18. The summed E-state index contributed by atoms with van der Waals surface area (Å²) in [5, 5.41) is 3.26. The van der Waals surface area contributed by atoms with E-state index in [2.05, 4.69) is 16.6 Å². The number of rotatable bonds is 4. The lowest BCUT2D eigenvalue weighted by Gasteiger charge is -2.11. The molecule has 2 aromatic rings. The van der Waals surface area contributed by atoms with Gasteiger partial charge in [0.15, 0.2) is 5.17 Å². The minimum absolute atomic E-state index is 0.0461. The summed E-state index contributed by atoms with van der Waals surface area (Å²) in [7, 11) is 0. The van der Waals surface area contributed by atoms with E-state index < -0.39 is 0 Å². The maximum atomic E-state index is 12.7. The highest BCUT2D eigenvalue weighted by Crippen LogP contribution is 2.35. The molecule has 1 aliphatic rings. The van der Waals surface area contributed by atoms with Gasteiger partial charge in [-0.2, -0.15) is 4.99 Å². The second-order valence-corrected chi connectivity index (χ2v) is 7.18. The van der Waals surface area contributed by atoms with Gasteiger partial charge in [-0.15, -0.1) is 17.9 Å². The number of hydrogen-bond acceptors (Lipinski definition) is 5. The molecule has 1 fully saturated rings. The van der Waals surface area contributed by atoms with Gasteiger partial charge in [0.1, 0.15) is 0 Å². The molecule has 0 atom stereocenters. The smallest absolute Gasteiger partial charge is 0.267 e. The molecule has 0 aliphatic carbocycles. The standard InChI is InChI=1S/C18H17N3OS2/c1-4-9-21-16(22)15(10-14-8-6-5-7-12(14)2)24-18(21)20-17-19-13(3)11-23-17/h4-8,10-11H,1,9H2,2-3H3/b15-10-,20-18+. The summed E-state index contributed by atoms with van der Waals surface area (Å²) < 4.78 is 0. The number of amides is 1. The van der Waals surface area contributed by atoms with Crippen molar-refractivity contribution in [1.29, 1.82) is 0 Å². The summed E-state index contributed by atoms with van der Waals surface area (Å²) in [4.78, 5) is 23.9. The molecule has 0 radical (unpaired) electrons. The Morgan fingerprint density at radius 2 is 2.12 bits per heavy atom. The van der Waals surface area contributed by atoms with Crippen molar-refractivity contribution in [3.8, 4) is 0 Å². The minimum Gasteiger partial charge on any atom is -0.282 e. The Hall–Kier alpha value is -2.18. The lowest BCUT2D eigenvalue weighted by atomic mass is 10.1. The molecule has 1 saturated heterocycles. The zero-order valence-corrected chi connectivity index (χ0v) is 15.2. The Kier molecular flexibility index (Phi) is 4.97. The van der Waals surface area contributed by atoms with E-state index in [1.807, 2.05) is 49.6 Å². The van der Waals surface area contributed by atoms with Crippen molar-refractivity contribution in [1.82, 2.24) is 9.88 Å². The normalized spacial score (nSPS) is 17.9. The number of benzene rings is 1. The molecule has 122 valence electrons. The first-order valence-electron chi connectivity index (χ1n) is 7.47. The molecule has 3 rings (SSSR count). The summed E-state index contributed by atoms with van der Waals surface area (Å²) in [6.45, 7) is 8.13. The zero-order chi connectivity index (χ0) is 17.1. The largest absolute Gasteiger partial charge is 0.282 e. The molecule has 24 heavy (non-hydrogen) atoms. The van der Waals surface area contributed by atoms with Crippen molar-refractivity contribution in [2.24, 2.45) is 4.99 Å². The number of aliphatic imine (C=N–C) groups is 1. The summed E-state index contributed by atoms with van der Waals surface area (Å²) in [6, 6.07) is 8.00. The first-order valence-corrected chi connectivity index (χ1v) is 9.17. The van der Waals surface area contributed by atoms with Crippen molar-refractivity contribution in [3.05, 3.63) is 64.0 Å². The van der Waals surface area contributed by atoms with Crippen LogP contribution in [0.1, 0.15) is 16.8 Å². The summed E-state index contributed by atoms with van der Waals surface area (Å²) in [5.74, 6) is -0.0461. The van der Waals surface area contributed by atoms with Gasteiger partial charge in [-0.3, -0.25) is 9.69 Å². The third kappa shape index (κ3) is 3.49. The molecule has 6 heteroatoms. The van der Waals surface area contributed by atoms with Crippen molar-refractivity contribution in [2.45, 2.75) is 13.8 Å². The molecular formula is C18H17N3OS2. The van der Waals surface area contributed by atoms with E-state index in [0.29, 0.717) is 21.7 Å². The molecule has 1 aromatic heterocycles. The van der Waals surface area contributed by atoms with Crippen molar-refractivity contribution < 1.29 is 4.79 Å². The second kappa shape index (κ2) is 7.15. The number of nitrogens with zero attached hydrogens (tertiary/aromatic N) is 3. The van der Waals surface area contributed by atoms with Gasteiger partial charge < -0.3 is 0 Å². The number of hydrogen-bond donors (Lipinski definition) is 0. The van der Waals surface area contributed by atoms with Crippen LogP contribution in [-0.2, 0) is 4.79 Å². The Balaban J connectivity index is 1.96. The minimum atomic E-state index is -0.0461. The van der Waals surface area contributed by atoms with Crippen molar-refractivity contribution in [2.75, 3.05) is 6.54 Å². The van der Waals surface area contributed by atoms with Gasteiger partial charge in [0.05, 0.1) is 10.6 Å². The van der Waals surface area contributed by atoms with Crippen LogP contribution in [0.2, 0.25) is 0 Å². The van der Waals surface area contributed by atoms with Gasteiger partial charge in [0, 0.05) is 11.9 Å². The number of carbonyl (C=O) groups is 1. The number of aromatic nitrogens is 1. The first-order chi connectivity index (χ1) is 11.6. The van der Waals surface area contributed by atoms with Gasteiger partial charge in [-0.25, -0.2) is 4.98 Å². The van der Waals surface area contributed by atoms with E-state index in [1.54, 1.807) is 11.0 Å². The van der Waals surface area contributed by atoms with E-state index in [-0.39, 0.29) is 5.91 Å². The Morgan fingerprint density at radius 3 is 2.79 bits per heavy atom. The van der Waals surface area contributed by atoms with E-state index in [0.717, 1.165) is 16.8 Å². The Morgan fingerprint density at radius 1 is 1.33 bits per heavy atom. The molecule has 4 nitrogen and oxygen atoms in total. The Bertz CT molecular complexity index is 851. The molecule has 0 bridgehead atoms. The number of thioether (sulfide) groups is 1. The average molecular weight is 355 g/mol. The Labute approximate surface area is 149 Å². The van der Waals surface area contributed by atoms with Crippen LogP contribution >= 0.6 is 23.1 Å². The van der Waals surface area contributed by atoms with Crippen molar-refractivity contribution in [3.63, 3.8) is 0 Å². The van der Waals surface area contributed by atoms with Crippen LogP contribution in [0.3, 0.4) is 0 Å². The highest BCUT2D eigenvalue weighted by Gasteiger charge is 2.32. The monoisotopic (exact) mass is 355 g/mol. The summed E-state index contributed by atoms with van der Waals surface area (Å²) in [5.41, 5.74) is 3.10. The average Bonchev–Trinajstić information content (AvgIpc) is 3.09. The fraction of sp³-hybridized carbons (Fsp3) is 0.167. The van der Waals surface area contributed by atoms with Crippen LogP contribution in [0, 0.1) is 13.8 Å². The molecule has 2 heterocycles. The highest BCUT2D eigenvalue weighted by atomic mass is 32.2. The quantitative estimate of drug-likeness (QED) is 0.597. The number of thiazole rings is 1. The van der Waals surface area contributed by atoms with Crippen LogP contribution < -0.4 is 0 Å². The fourth-order valence-electron chi connectivity index (χ4n) is 2.25. The van der Waals surface area contributed by atoms with Gasteiger partial charge in [0.2, 0.25) is 5.13 Å². The van der Waals surface area contributed by atoms with Crippen LogP contribution in [0.25, 0.3) is 6.08 Å². The van der Waals surface area contributed by atoms with Crippen LogP contribution in [0.5, 0.6) is 0 Å². The van der Waals surface area contributed by atoms with Gasteiger partial charge >= 0.3 is 0 Å². The van der Waals surface area contributed by atoms with Gasteiger partial charge in [0.25, 0.3) is 5.91 Å². The van der Waals surface area contributed by atoms with Crippen LogP contribution in [0.4, 0.5) is 5.13 Å². The maximum absolute atomic E-state index is 12.7. The third-order valence-corrected chi connectivity index (χ3v) is 5.33. The zero-order valence-electron chi connectivity index (χ0n) is 13.5. The molecule has 0 saturated carbocycles. The van der Waals surface area contributed by atoms with E-state index in [1.165, 1.54) is 23.1 Å². The van der Waals surface area contributed by atoms with Crippen LogP contribution in [0.15, 0.2) is 52.2 Å². The third-order valence-electron chi connectivity index (χ3n) is 3.47. The van der Waals surface area contributed by atoms with Crippen molar-refractivity contribution >= 4 is 45.4 Å². The predicted octanol–water partition coefficient (Wildman–Crippen LogP) is 4.55. The second-order valence-electron chi connectivity index (χ2n) is 5.34.